The molecule has 0 radical (unpaired) electrons. The number of phenols is 1. The molecule has 0 aliphatic rings. The van der Waals surface area contributed by atoms with Gasteiger partial charge in [-0.05, 0) is 23.6 Å². The lowest BCUT2D eigenvalue weighted by Crippen LogP contribution is -1.65. The Hall–Kier alpha value is -1.15. The fourth-order valence-electron chi connectivity index (χ4n) is 1.04. The van der Waals surface area contributed by atoms with Crippen molar-refractivity contribution in [3.8, 4) is 5.75 Å². The van der Waals surface area contributed by atoms with E-state index in [9.17, 15) is 0 Å². The van der Waals surface area contributed by atoms with Crippen molar-refractivity contribution in [3.63, 3.8) is 0 Å². The van der Waals surface area contributed by atoms with Crippen LogP contribution in [0.3, 0.4) is 0 Å². The zero-order valence-electron chi connectivity index (χ0n) is 5.74. The predicted octanol–water partition coefficient (Wildman–Crippen LogP) is 2.30. The first-order chi connectivity index (χ1) is 4.86. The van der Waals surface area contributed by atoms with Crippen LogP contribution in [0.1, 0.15) is 0 Å². The minimum Gasteiger partial charge on any atom is -0.508 e. The van der Waals surface area contributed by atoms with Crippen molar-refractivity contribution in [2.45, 2.75) is 0 Å². The number of aromatic nitrogens is 1. The highest BCUT2D eigenvalue weighted by atomic mass is 35.5. The van der Waals surface area contributed by atoms with Crippen LogP contribution < -0.4 is 0 Å². The van der Waals surface area contributed by atoms with Crippen LogP contribution >= 0.6 is 12.4 Å². The molecule has 1 heterocycles. The first kappa shape index (κ1) is 7.95. The molecule has 58 valence electrons. The van der Waals surface area contributed by atoms with Crippen molar-refractivity contribution in [1.29, 1.82) is 0 Å². The van der Waals surface area contributed by atoms with Gasteiger partial charge in [-0.2, -0.15) is 0 Å². The molecule has 0 aliphatic carbocycles. The third-order valence-electron chi connectivity index (χ3n) is 1.54. The quantitative estimate of drug-likeness (QED) is 0.624. The SMILES string of the molecule is Cl.Oc1ccc2cc[nH]c2c1. The molecule has 2 aromatic rings. The number of halogens is 1. The van der Waals surface area contributed by atoms with E-state index in [2.05, 4.69) is 4.98 Å². The first-order valence-electron chi connectivity index (χ1n) is 3.12. The number of H-pyrrole nitrogens is 1. The standard InChI is InChI=1S/C8H7NO.ClH/c10-7-2-1-6-3-4-9-8(6)5-7;/h1-5,9-10H;1H. The second kappa shape index (κ2) is 2.84. The lowest BCUT2D eigenvalue weighted by atomic mass is 10.2. The van der Waals surface area contributed by atoms with Crippen molar-refractivity contribution in [2.75, 3.05) is 0 Å². The first-order valence-corrected chi connectivity index (χ1v) is 3.12. The summed E-state index contributed by atoms with van der Waals surface area (Å²) in [5.74, 6) is 0.301. The summed E-state index contributed by atoms with van der Waals surface area (Å²) in [4.78, 5) is 3.00. The minimum absolute atomic E-state index is 0. The Balaban J connectivity index is 0.000000605. The second-order valence-electron chi connectivity index (χ2n) is 2.25. The normalized spacial score (nSPS) is 9.45. The summed E-state index contributed by atoms with van der Waals surface area (Å²) in [6.07, 6.45) is 1.85. The third-order valence-corrected chi connectivity index (χ3v) is 1.54. The smallest absolute Gasteiger partial charge is 0.117 e. The van der Waals surface area contributed by atoms with Crippen molar-refractivity contribution in [1.82, 2.24) is 4.98 Å². The number of rotatable bonds is 0. The van der Waals surface area contributed by atoms with Gasteiger partial charge in [0.2, 0.25) is 0 Å². The fraction of sp³-hybridized carbons (Fsp3) is 0. The molecule has 0 atom stereocenters. The Morgan fingerprint density at radius 1 is 1.18 bits per heavy atom. The van der Waals surface area contributed by atoms with Gasteiger partial charge in [-0.1, -0.05) is 0 Å². The van der Waals surface area contributed by atoms with Gasteiger partial charge in [0.25, 0.3) is 0 Å². The van der Waals surface area contributed by atoms with Gasteiger partial charge in [-0.25, -0.2) is 0 Å². The molecule has 0 spiro atoms. The van der Waals surface area contributed by atoms with E-state index in [0.717, 1.165) is 10.9 Å². The molecule has 0 aliphatic heterocycles. The van der Waals surface area contributed by atoms with Crippen LogP contribution in [-0.2, 0) is 0 Å². The van der Waals surface area contributed by atoms with Crippen LogP contribution in [0.5, 0.6) is 5.75 Å². The summed E-state index contributed by atoms with van der Waals surface area (Å²) in [6.45, 7) is 0. The van der Waals surface area contributed by atoms with Gasteiger partial charge in [0.1, 0.15) is 5.75 Å². The topological polar surface area (TPSA) is 36.0 Å². The Morgan fingerprint density at radius 3 is 2.82 bits per heavy atom. The number of hydrogen-bond donors (Lipinski definition) is 2. The molecule has 2 rings (SSSR count). The maximum absolute atomic E-state index is 9.03. The molecule has 2 N–H and O–H groups in total. The van der Waals surface area contributed by atoms with Gasteiger partial charge in [-0.3, -0.25) is 0 Å². The highest BCUT2D eigenvalue weighted by Crippen LogP contribution is 2.17. The van der Waals surface area contributed by atoms with Crippen LogP contribution in [0.4, 0.5) is 0 Å². The molecule has 0 saturated heterocycles. The van der Waals surface area contributed by atoms with Crippen LogP contribution in [0.25, 0.3) is 10.9 Å². The maximum Gasteiger partial charge on any atom is 0.117 e. The van der Waals surface area contributed by atoms with Crippen molar-refractivity contribution in [2.24, 2.45) is 0 Å². The van der Waals surface area contributed by atoms with E-state index in [4.69, 9.17) is 5.11 Å². The van der Waals surface area contributed by atoms with Gasteiger partial charge in [0, 0.05) is 17.8 Å². The molecule has 0 bridgehead atoms. The highest BCUT2D eigenvalue weighted by molar-refractivity contribution is 5.85. The zero-order chi connectivity index (χ0) is 6.97. The van der Waals surface area contributed by atoms with Crippen LogP contribution in [-0.4, -0.2) is 10.1 Å². The van der Waals surface area contributed by atoms with Gasteiger partial charge in [-0.15, -0.1) is 12.4 Å². The number of benzene rings is 1. The van der Waals surface area contributed by atoms with E-state index in [0.29, 0.717) is 5.75 Å². The summed E-state index contributed by atoms with van der Waals surface area (Å²) in [6, 6.07) is 7.22. The van der Waals surface area contributed by atoms with Crippen molar-refractivity contribution < 1.29 is 5.11 Å². The number of fused-ring (bicyclic) bond motifs is 1. The van der Waals surface area contributed by atoms with Crippen LogP contribution in [0, 0.1) is 0 Å². The van der Waals surface area contributed by atoms with E-state index < -0.39 is 0 Å². The number of nitrogens with one attached hydrogen (secondary N) is 1. The molecule has 1 aromatic carbocycles. The summed E-state index contributed by atoms with van der Waals surface area (Å²) in [5, 5.41) is 10.2. The van der Waals surface area contributed by atoms with E-state index in [1.807, 2.05) is 18.3 Å². The fourth-order valence-corrected chi connectivity index (χ4v) is 1.04. The average Bonchev–Trinajstić information content (AvgIpc) is 2.33. The van der Waals surface area contributed by atoms with Crippen LogP contribution in [0.15, 0.2) is 30.5 Å². The number of aromatic hydroxyl groups is 1. The second-order valence-corrected chi connectivity index (χ2v) is 2.25. The average molecular weight is 170 g/mol. The molecular formula is C8H8ClNO. The Morgan fingerprint density at radius 2 is 2.00 bits per heavy atom. The largest absolute Gasteiger partial charge is 0.508 e. The summed E-state index contributed by atoms with van der Waals surface area (Å²) in [5.41, 5.74) is 0.972. The number of aromatic amines is 1. The third kappa shape index (κ3) is 1.30. The van der Waals surface area contributed by atoms with Crippen molar-refractivity contribution in [3.05, 3.63) is 30.5 Å². The molecule has 0 saturated carbocycles. The van der Waals surface area contributed by atoms with Gasteiger partial charge < -0.3 is 10.1 Å². The number of phenolic OH excluding ortho intramolecular Hbond substituents is 1. The van der Waals surface area contributed by atoms with Crippen LogP contribution in [0.2, 0.25) is 0 Å². The van der Waals surface area contributed by atoms with Crippen molar-refractivity contribution >= 4 is 23.3 Å². The van der Waals surface area contributed by atoms with E-state index in [-0.39, 0.29) is 12.4 Å². The van der Waals surface area contributed by atoms with E-state index >= 15 is 0 Å². The van der Waals surface area contributed by atoms with E-state index in [1.54, 1.807) is 12.1 Å². The van der Waals surface area contributed by atoms with E-state index in [1.165, 1.54) is 0 Å². The molecule has 2 nitrogen and oxygen atoms in total. The molecule has 0 amide bonds. The minimum atomic E-state index is 0. The van der Waals surface area contributed by atoms with Gasteiger partial charge >= 0.3 is 0 Å². The van der Waals surface area contributed by atoms with Gasteiger partial charge in [0.05, 0.1) is 0 Å². The zero-order valence-corrected chi connectivity index (χ0v) is 6.56. The summed E-state index contributed by atoms with van der Waals surface area (Å²) < 4.78 is 0. The molecule has 0 unspecified atom stereocenters. The molecule has 11 heavy (non-hydrogen) atoms. The Kier molecular flexibility index (Phi) is 2.06. The lowest BCUT2D eigenvalue weighted by Gasteiger charge is -1.89. The molecule has 0 fully saturated rings. The number of hydrogen-bond acceptors (Lipinski definition) is 1. The Labute approximate surface area is 70.3 Å². The lowest BCUT2D eigenvalue weighted by molar-refractivity contribution is 0.476. The monoisotopic (exact) mass is 169 g/mol. The Bertz CT molecular complexity index is 356. The summed E-state index contributed by atoms with van der Waals surface area (Å²) in [7, 11) is 0. The molecular weight excluding hydrogens is 162 g/mol. The maximum atomic E-state index is 9.03. The highest BCUT2D eigenvalue weighted by Gasteiger charge is 1.92. The summed E-state index contributed by atoms with van der Waals surface area (Å²) >= 11 is 0. The predicted molar refractivity (Wildman–Crippen MR) is 47.2 cm³/mol. The molecule has 1 aromatic heterocycles. The van der Waals surface area contributed by atoms with Gasteiger partial charge in [0.15, 0.2) is 0 Å². The molecule has 3 heteroatoms.